The molecule has 0 aliphatic rings. The number of unbranched alkanes of at least 4 members (excludes halogenated alkanes) is 1. The molecule has 0 spiro atoms. The van der Waals surface area contributed by atoms with Crippen LogP contribution in [0.1, 0.15) is 45.6 Å². The van der Waals surface area contributed by atoms with Crippen molar-refractivity contribution in [3.8, 4) is 22.5 Å². The molecule has 0 fully saturated rings. The van der Waals surface area contributed by atoms with Gasteiger partial charge in [-0.1, -0.05) is 75.7 Å². The Balaban J connectivity index is 1.81. The third-order valence-electron chi connectivity index (χ3n) is 5.76. The van der Waals surface area contributed by atoms with Crippen molar-refractivity contribution in [3.63, 3.8) is 0 Å². The van der Waals surface area contributed by atoms with Crippen molar-refractivity contribution in [1.82, 2.24) is 25.9 Å². The number of carboxylic acids is 1. The van der Waals surface area contributed by atoms with Gasteiger partial charge in [-0.05, 0) is 39.5 Å². The summed E-state index contributed by atoms with van der Waals surface area (Å²) in [5, 5.41) is 27.1. The van der Waals surface area contributed by atoms with Crippen molar-refractivity contribution in [1.29, 1.82) is 0 Å². The third kappa shape index (κ3) is 4.75. The fourth-order valence-corrected chi connectivity index (χ4v) is 3.86. The molecule has 8 nitrogen and oxygen atoms in total. The Hall–Kier alpha value is -3.39. The zero-order valence-electron chi connectivity index (χ0n) is 18.6. The Labute approximate surface area is 187 Å². The molecule has 0 aliphatic carbocycles. The zero-order chi connectivity index (χ0) is 23.1. The van der Waals surface area contributed by atoms with Crippen LogP contribution in [0.3, 0.4) is 0 Å². The van der Waals surface area contributed by atoms with E-state index >= 15 is 0 Å². The summed E-state index contributed by atoms with van der Waals surface area (Å²) in [5.41, 5.74) is 2.13. The standard InChI is InChI=1S/C24H29N5O3/c1-4-5-10-21(30)24(16(2)3,23(31)32)25-15-17-11-13-18(14-12-17)19-8-6-7-9-20(19)22-26-28-29-27-22/h6-9,11-14,16,25H,4-5,10,15H2,1-3H3,(H,31,32)(H,26,27,28,29)/t24-/m1/s1. The predicted octanol–water partition coefficient (Wildman–Crippen LogP) is 3.86. The molecule has 8 heteroatoms. The van der Waals surface area contributed by atoms with E-state index in [9.17, 15) is 14.7 Å². The van der Waals surface area contributed by atoms with Crippen LogP contribution in [0.15, 0.2) is 48.5 Å². The van der Waals surface area contributed by atoms with E-state index < -0.39 is 11.5 Å². The van der Waals surface area contributed by atoms with Crippen LogP contribution in [0.2, 0.25) is 0 Å². The monoisotopic (exact) mass is 435 g/mol. The van der Waals surface area contributed by atoms with E-state index in [1.165, 1.54) is 0 Å². The molecule has 3 rings (SSSR count). The van der Waals surface area contributed by atoms with Crippen LogP contribution in [0.25, 0.3) is 22.5 Å². The summed E-state index contributed by atoms with van der Waals surface area (Å²) in [4.78, 5) is 25.0. The number of Topliss-reactive ketones (excluding diaryl/α,β-unsaturated/α-hetero) is 1. The summed E-state index contributed by atoms with van der Waals surface area (Å²) in [6.07, 6.45) is 1.77. The first-order chi connectivity index (χ1) is 15.4. The van der Waals surface area contributed by atoms with Crippen LogP contribution in [-0.2, 0) is 16.1 Å². The van der Waals surface area contributed by atoms with E-state index in [-0.39, 0.29) is 24.7 Å². The number of carboxylic acid groups (broad SMARTS) is 1. The van der Waals surface area contributed by atoms with Crippen molar-refractivity contribution in [2.24, 2.45) is 5.92 Å². The quantitative estimate of drug-likeness (QED) is 0.391. The van der Waals surface area contributed by atoms with Crippen LogP contribution >= 0.6 is 0 Å². The smallest absolute Gasteiger partial charge is 0.331 e. The molecule has 0 saturated heterocycles. The van der Waals surface area contributed by atoms with E-state index in [1.807, 2.05) is 55.5 Å². The van der Waals surface area contributed by atoms with Gasteiger partial charge in [0.1, 0.15) is 0 Å². The van der Waals surface area contributed by atoms with Crippen LogP contribution in [0.5, 0.6) is 0 Å². The maximum Gasteiger partial charge on any atom is 0.331 e. The molecule has 0 saturated carbocycles. The molecular weight excluding hydrogens is 406 g/mol. The second kappa shape index (κ2) is 10.3. The second-order valence-electron chi connectivity index (χ2n) is 8.14. The van der Waals surface area contributed by atoms with Crippen molar-refractivity contribution in [2.75, 3.05) is 0 Å². The van der Waals surface area contributed by atoms with Gasteiger partial charge in [0.2, 0.25) is 0 Å². The molecule has 3 N–H and O–H groups in total. The highest BCUT2D eigenvalue weighted by Gasteiger charge is 2.47. The first-order valence-corrected chi connectivity index (χ1v) is 10.8. The number of H-pyrrole nitrogens is 1. The van der Waals surface area contributed by atoms with Gasteiger partial charge in [0.25, 0.3) is 0 Å². The molecule has 0 amide bonds. The van der Waals surface area contributed by atoms with Gasteiger partial charge in [-0.25, -0.2) is 9.89 Å². The number of aromatic nitrogens is 4. The lowest BCUT2D eigenvalue weighted by molar-refractivity contribution is -0.153. The Morgan fingerprint density at radius 3 is 2.34 bits per heavy atom. The molecule has 168 valence electrons. The number of aliphatic carboxylic acids is 1. The fourth-order valence-electron chi connectivity index (χ4n) is 3.86. The van der Waals surface area contributed by atoms with E-state index in [2.05, 4.69) is 25.9 Å². The maximum absolute atomic E-state index is 12.9. The van der Waals surface area contributed by atoms with Gasteiger partial charge >= 0.3 is 5.97 Å². The van der Waals surface area contributed by atoms with E-state index in [0.29, 0.717) is 12.2 Å². The highest BCUT2D eigenvalue weighted by atomic mass is 16.4. The Morgan fingerprint density at radius 1 is 1.09 bits per heavy atom. The van der Waals surface area contributed by atoms with Crippen LogP contribution in [-0.4, -0.2) is 43.0 Å². The molecule has 32 heavy (non-hydrogen) atoms. The number of carbonyl (C=O) groups excluding carboxylic acids is 1. The van der Waals surface area contributed by atoms with Crippen LogP contribution in [0, 0.1) is 5.92 Å². The lowest BCUT2D eigenvalue weighted by Gasteiger charge is -2.33. The van der Waals surface area contributed by atoms with Crippen molar-refractivity contribution in [2.45, 2.75) is 52.1 Å². The van der Waals surface area contributed by atoms with Crippen molar-refractivity contribution >= 4 is 11.8 Å². The van der Waals surface area contributed by atoms with Gasteiger partial charge in [-0.2, -0.15) is 0 Å². The normalized spacial score (nSPS) is 13.1. The van der Waals surface area contributed by atoms with E-state index in [0.717, 1.165) is 28.7 Å². The summed E-state index contributed by atoms with van der Waals surface area (Å²) in [6, 6.07) is 15.6. The lowest BCUT2D eigenvalue weighted by Crippen LogP contribution is -2.61. The van der Waals surface area contributed by atoms with Gasteiger partial charge in [0, 0.05) is 18.5 Å². The summed E-state index contributed by atoms with van der Waals surface area (Å²) >= 11 is 0. The molecular formula is C24H29N5O3. The second-order valence-corrected chi connectivity index (χ2v) is 8.14. The first kappa shape index (κ1) is 23.3. The predicted molar refractivity (Wildman–Crippen MR) is 122 cm³/mol. The van der Waals surface area contributed by atoms with Crippen LogP contribution in [0.4, 0.5) is 0 Å². The topological polar surface area (TPSA) is 121 Å². The van der Waals surface area contributed by atoms with Gasteiger partial charge in [0.05, 0.1) is 0 Å². The number of hydrogen-bond donors (Lipinski definition) is 3. The number of carbonyl (C=O) groups is 2. The molecule has 1 atom stereocenters. The molecule has 0 aliphatic heterocycles. The largest absolute Gasteiger partial charge is 0.480 e. The van der Waals surface area contributed by atoms with Crippen LogP contribution < -0.4 is 5.32 Å². The SMILES string of the molecule is CCCCC(=O)[C@@](NCc1ccc(-c2ccccc2-c2nnn[nH]2)cc1)(C(=O)O)C(C)C. The minimum absolute atomic E-state index is 0.250. The summed E-state index contributed by atoms with van der Waals surface area (Å²) in [7, 11) is 0. The Kier molecular flexibility index (Phi) is 7.48. The number of nitrogens with zero attached hydrogens (tertiary/aromatic N) is 3. The van der Waals surface area contributed by atoms with Gasteiger partial charge in [-0.15, -0.1) is 5.10 Å². The molecule has 3 aromatic rings. The molecule has 1 heterocycles. The lowest BCUT2D eigenvalue weighted by atomic mass is 9.80. The number of tetrazole rings is 1. The van der Waals surface area contributed by atoms with Gasteiger partial charge in [-0.3, -0.25) is 10.1 Å². The highest BCUT2D eigenvalue weighted by Crippen LogP contribution is 2.30. The molecule has 0 radical (unpaired) electrons. The van der Waals surface area contributed by atoms with E-state index in [1.54, 1.807) is 13.8 Å². The minimum atomic E-state index is -1.60. The van der Waals surface area contributed by atoms with E-state index in [4.69, 9.17) is 0 Å². The molecule has 2 aromatic carbocycles. The average molecular weight is 436 g/mol. The summed E-state index contributed by atoms with van der Waals surface area (Å²) in [5.74, 6) is -1.20. The zero-order valence-corrected chi connectivity index (χ0v) is 18.6. The number of rotatable bonds is 11. The average Bonchev–Trinajstić information content (AvgIpc) is 3.33. The maximum atomic E-state index is 12.9. The highest BCUT2D eigenvalue weighted by molar-refractivity contribution is 6.08. The fraction of sp³-hybridized carbons (Fsp3) is 0.375. The molecule has 0 bridgehead atoms. The number of benzene rings is 2. The summed E-state index contributed by atoms with van der Waals surface area (Å²) < 4.78 is 0. The molecule has 0 unspecified atom stereocenters. The van der Waals surface area contributed by atoms with Crippen molar-refractivity contribution in [3.05, 3.63) is 54.1 Å². The molecule has 1 aromatic heterocycles. The van der Waals surface area contributed by atoms with Gasteiger partial charge in [0.15, 0.2) is 17.1 Å². The number of nitrogens with one attached hydrogen (secondary N) is 2. The number of hydrogen-bond acceptors (Lipinski definition) is 6. The van der Waals surface area contributed by atoms with Crippen molar-refractivity contribution < 1.29 is 14.7 Å². The number of ketones is 1. The minimum Gasteiger partial charge on any atom is -0.480 e. The summed E-state index contributed by atoms with van der Waals surface area (Å²) in [6.45, 7) is 5.79. The van der Waals surface area contributed by atoms with Gasteiger partial charge < -0.3 is 5.11 Å². The first-order valence-electron chi connectivity index (χ1n) is 10.8. The Bertz CT molecular complexity index is 1050. The Morgan fingerprint density at radius 2 is 1.78 bits per heavy atom. The number of aromatic amines is 1. The third-order valence-corrected chi connectivity index (χ3v) is 5.76.